The van der Waals surface area contributed by atoms with Crippen LogP contribution in [-0.4, -0.2) is 8.42 Å². The molecule has 0 amide bonds. The number of anilines is 1. The average Bonchev–Trinajstić information content (AvgIpc) is 2.62. The van der Waals surface area contributed by atoms with Crippen LogP contribution in [-0.2, 0) is 16.4 Å². The van der Waals surface area contributed by atoms with E-state index in [1.165, 1.54) is 12.1 Å². The monoisotopic (exact) mass is 339 g/mol. The Bertz CT molecular complexity index is 923. The maximum Gasteiger partial charge on any atom is 0.206 e. The molecule has 0 aliphatic carbocycles. The normalized spacial score (nSPS) is 11.2. The lowest BCUT2D eigenvalue weighted by Crippen LogP contribution is -2.04. The number of sulfone groups is 1. The SMILES string of the molecule is Nc1ccc(S(=O)(=O)c2ccccc2)cc1OCc1ccccc1. The Morgan fingerprint density at radius 2 is 1.42 bits per heavy atom. The lowest BCUT2D eigenvalue weighted by atomic mass is 10.2. The molecule has 0 bridgehead atoms. The third-order valence-electron chi connectivity index (χ3n) is 3.59. The predicted octanol–water partition coefficient (Wildman–Crippen LogP) is 3.68. The van der Waals surface area contributed by atoms with Crippen LogP contribution in [0.15, 0.2) is 88.7 Å². The fourth-order valence-electron chi connectivity index (χ4n) is 2.28. The molecule has 4 nitrogen and oxygen atoms in total. The predicted molar refractivity (Wildman–Crippen MR) is 93.5 cm³/mol. The molecule has 0 fully saturated rings. The van der Waals surface area contributed by atoms with E-state index in [0.29, 0.717) is 18.0 Å². The van der Waals surface area contributed by atoms with Crippen molar-refractivity contribution < 1.29 is 13.2 Å². The van der Waals surface area contributed by atoms with E-state index >= 15 is 0 Å². The lowest BCUT2D eigenvalue weighted by molar-refractivity contribution is 0.307. The molecule has 0 unspecified atom stereocenters. The Labute approximate surface area is 141 Å². The first kappa shape index (κ1) is 16.1. The lowest BCUT2D eigenvalue weighted by Gasteiger charge is -2.11. The van der Waals surface area contributed by atoms with Gasteiger partial charge in [-0.15, -0.1) is 0 Å². The maximum atomic E-state index is 12.7. The van der Waals surface area contributed by atoms with Gasteiger partial charge in [0.1, 0.15) is 12.4 Å². The molecular weight excluding hydrogens is 322 g/mol. The summed E-state index contributed by atoms with van der Waals surface area (Å²) in [6, 6.07) is 22.4. The first-order valence-corrected chi connectivity index (χ1v) is 8.92. The van der Waals surface area contributed by atoms with E-state index in [1.54, 1.807) is 36.4 Å². The first-order valence-electron chi connectivity index (χ1n) is 7.44. The Morgan fingerprint density at radius 1 is 0.792 bits per heavy atom. The molecule has 3 rings (SSSR count). The number of hydrogen-bond donors (Lipinski definition) is 1. The average molecular weight is 339 g/mol. The summed E-state index contributed by atoms with van der Waals surface area (Å²) >= 11 is 0. The van der Waals surface area contributed by atoms with Crippen LogP contribution < -0.4 is 10.5 Å². The van der Waals surface area contributed by atoms with Gasteiger partial charge in [-0.05, 0) is 29.8 Å². The molecule has 3 aromatic carbocycles. The van der Waals surface area contributed by atoms with Gasteiger partial charge in [0.2, 0.25) is 9.84 Å². The summed E-state index contributed by atoms with van der Waals surface area (Å²) in [7, 11) is -3.60. The summed E-state index contributed by atoms with van der Waals surface area (Å²) in [5.41, 5.74) is 7.30. The number of rotatable bonds is 5. The zero-order chi connectivity index (χ0) is 17.0. The second-order valence-corrected chi connectivity index (χ2v) is 7.24. The van der Waals surface area contributed by atoms with E-state index in [1.807, 2.05) is 30.3 Å². The maximum absolute atomic E-state index is 12.7. The van der Waals surface area contributed by atoms with Gasteiger partial charge < -0.3 is 10.5 Å². The van der Waals surface area contributed by atoms with Crippen molar-refractivity contribution in [3.63, 3.8) is 0 Å². The molecule has 5 heteroatoms. The van der Waals surface area contributed by atoms with Crippen LogP contribution in [0.4, 0.5) is 5.69 Å². The Balaban J connectivity index is 1.89. The van der Waals surface area contributed by atoms with Gasteiger partial charge in [0.25, 0.3) is 0 Å². The minimum absolute atomic E-state index is 0.158. The highest BCUT2D eigenvalue weighted by molar-refractivity contribution is 7.91. The Morgan fingerprint density at radius 3 is 2.08 bits per heavy atom. The summed E-state index contributed by atoms with van der Waals surface area (Å²) in [6.45, 7) is 0.319. The van der Waals surface area contributed by atoms with Crippen molar-refractivity contribution in [3.8, 4) is 5.75 Å². The first-order chi connectivity index (χ1) is 11.6. The highest BCUT2D eigenvalue weighted by Crippen LogP contribution is 2.29. The summed E-state index contributed by atoms with van der Waals surface area (Å²) in [6.07, 6.45) is 0. The molecule has 0 radical (unpaired) electrons. The van der Waals surface area contributed by atoms with Crippen LogP contribution in [0, 0.1) is 0 Å². The second-order valence-electron chi connectivity index (χ2n) is 5.29. The van der Waals surface area contributed by atoms with Gasteiger partial charge in [-0.1, -0.05) is 48.5 Å². The molecule has 0 saturated heterocycles. The van der Waals surface area contributed by atoms with E-state index in [0.717, 1.165) is 5.56 Å². The van der Waals surface area contributed by atoms with Crippen molar-refractivity contribution in [1.29, 1.82) is 0 Å². The highest BCUT2D eigenvalue weighted by atomic mass is 32.2. The van der Waals surface area contributed by atoms with Gasteiger partial charge in [-0.25, -0.2) is 8.42 Å². The van der Waals surface area contributed by atoms with Crippen LogP contribution in [0.25, 0.3) is 0 Å². The van der Waals surface area contributed by atoms with E-state index in [2.05, 4.69) is 0 Å². The molecule has 0 atom stereocenters. The van der Waals surface area contributed by atoms with Gasteiger partial charge in [0, 0.05) is 6.07 Å². The van der Waals surface area contributed by atoms with Gasteiger partial charge in [-0.3, -0.25) is 0 Å². The van der Waals surface area contributed by atoms with Crippen molar-refractivity contribution in [2.24, 2.45) is 0 Å². The summed E-state index contributed by atoms with van der Waals surface area (Å²) < 4.78 is 31.1. The third-order valence-corrected chi connectivity index (χ3v) is 5.35. The third kappa shape index (κ3) is 3.41. The van der Waals surface area contributed by atoms with E-state index in [-0.39, 0.29) is 9.79 Å². The molecule has 24 heavy (non-hydrogen) atoms. The van der Waals surface area contributed by atoms with Crippen LogP contribution in [0.1, 0.15) is 5.56 Å². The van der Waals surface area contributed by atoms with Crippen LogP contribution in [0.3, 0.4) is 0 Å². The smallest absolute Gasteiger partial charge is 0.206 e. The van der Waals surface area contributed by atoms with Crippen molar-refractivity contribution in [2.45, 2.75) is 16.4 Å². The summed E-state index contributed by atoms with van der Waals surface area (Å²) in [5, 5.41) is 0. The van der Waals surface area contributed by atoms with Crippen LogP contribution in [0.5, 0.6) is 5.75 Å². The fourth-order valence-corrected chi connectivity index (χ4v) is 3.57. The summed E-state index contributed by atoms with van der Waals surface area (Å²) in [5.74, 6) is 0.357. The van der Waals surface area contributed by atoms with Crippen molar-refractivity contribution in [2.75, 3.05) is 5.73 Å². The molecule has 0 aromatic heterocycles. The van der Waals surface area contributed by atoms with Gasteiger partial charge in [0.15, 0.2) is 0 Å². The van der Waals surface area contributed by atoms with Crippen molar-refractivity contribution in [3.05, 3.63) is 84.4 Å². The van der Waals surface area contributed by atoms with Crippen molar-refractivity contribution in [1.82, 2.24) is 0 Å². The zero-order valence-corrected chi connectivity index (χ0v) is 13.7. The topological polar surface area (TPSA) is 69.4 Å². The van der Waals surface area contributed by atoms with Gasteiger partial charge in [-0.2, -0.15) is 0 Å². The molecule has 0 aliphatic heterocycles. The van der Waals surface area contributed by atoms with E-state index < -0.39 is 9.84 Å². The zero-order valence-electron chi connectivity index (χ0n) is 12.9. The molecule has 0 heterocycles. The Kier molecular flexibility index (Phi) is 4.53. The van der Waals surface area contributed by atoms with Crippen LogP contribution in [0.2, 0.25) is 0 Å². The molecular formula is C19H17NO3S. The van der Waals surface area contributed by atoms with Crippen LogP contribution >= 0.6 is 0 Å². The fraction of sp³-hybridized carbons (Fsp3) is 0.0526. The quantitative estimate of drug-likeness (QED) is 0.720. The minimum Gasteiger partial charge on any atom is -0.487 e. The molecule has 0 spiro atoms. The summed E-state index contributed by atoms with van der Waals surface area (Å²) in [4.78, 5) is 0.398. The number of hydrogen-bond acceptors (Lipinski definition) is 4. The van der Waals surface area contributed by atoms with Crippen molar-refractivity contribution >= 4 is 15.5 Å². The molecule has 0 aliphatic rings. The number of ether oxygens (including phenoxy) is 1. The molecule has 2 N–H and O–H groups in total. The standard InChI is InChI=1S/C19H17NO3S/c20-18-12-11-17(24(21,22)16-9-5-2-6-10-16)13-19(18)23-14-15-7-3-1-4-8-15/h1-13H,14,20H2. The number of nitrogen functional groups attached to an aromatic ring is 1. The highest BCUT2D eigenvalue weighted by Gasteiger charge is 2.18. The molecule has 122 valence electrons. The molecule has 0 saturated carbocycles. The van der Waals surface area contributed by atoms with E-state index in [4.69, 9.17) is 10.5 Å². The van der Waals surface area contributed by atoms with E-state index in [9.17, 15) is 8.42 Å². The second kappa shape index (κ2) is 6.76. The largest absolute Gasteiger partial charge is 0.487 e. The Hall–Kier alpha value is -2.79. The molecule has 3 aromatic rings. The minimum atomic E-state index is -3.60. The van der Waals surface area contributed by atoms with Gasteiger partial charge in [0.05, 0.1) is 15.5 Å². The number of benzene rings is 3. The number of nitrogens with two attached hydrogens (primary N) is 1. The van der Waals surface area contributed by atoms with Gasteiger partial charge >= 0.3 is 0 Å².